The number of hydrogen-bond acceptors (Lipinski definition) is 1. The molecule has 0 aliphatic rings. The standard InChI is InChI=1S/C17H34O/c1-3-5-6-7-8-9-10-11-12-13-14-15-16-17-18-4-2/h7-8H,3-6,9-17H2,1-2H3. The van der Waals surface area contributed by atoms with Crippen molar-refractivity contribution in [2.24, 2.45) is 0 Å². The van der Waals surface area contributed by atoms with Crippen molar-refractivity contribution < 1.29 is 4.74 Å². The Bertz CT molecular complexity index is 163. The SMILES string of the molecule is CCCCC=CCCCCCCCCCOCC. The third-order valence-electron chi connectivity index (χ3n) is 3.25. The fraction of sp³-hybridized carbons (Fsp3) is 0.882. The highest BCUT2D eigenvalue weighted by Gasteiger charge is 1.91. The first-order valence-electron chi connectivity index (χ1n) is 8.14. The zero-order valence-corrected chi connectivity index (χ0v) is 12.8. The van der Waals surface area contributed by atoms with Crippen LogP contribution in [-0.2, 0) is 4.74 Å². The summed E-state index contributed by atoms with van der Waals surface area (Å²) in [5.74, 6) is 0. The van der Waals surface area contributed by atoms with Crippen LogP contribution in [0.15, 0.2) is 12.2 Å². The van der Waals surface area contributed by atoms with Crippen LogP contribution in [0.2, 0.25) is 0 Å². The number of hydrogen-bond donors (Lipinski definition) is 0. The van der Waals surface area contributed by atoms with Crippen molar-refractivity contribution in [1.29, 1.82) is 0 Å². The van der Waals surface area contributed by atoms with E-state index in [-0.39, 0.29) is 0 Å². The van der Waals surface area contributed by atoms with Gasteiger partial charge in [-0.15, -0.1) is 0 Å². The Labute approximate surface area is 115 Å². The molecule has 0 amide bonds. The Balaban J connectivity index is 2.96. The van der Waals surface area contributed by atoms with Crippen molar-refractivity contribution in [3.63, 3.8) is 0 Å². The molecule has 0 radical (unpaired) electrons. The van der Waals surface area contributed by atoms with Gasteiger partial charge in [-0.2, -0.15) is 0 Å². The van der Waals surface area contributed by atoms with E-state index in [9.17, 15) is 0 Å². The fourth-order valence-electron chi connectivity index (χ4n) is 2.05. The summed E-state index contributed by atoms with van der Waals surface area (Å²) in [7, 11) is 0. The predicted octanol–water partition coefficient (Wildman–Crippen LogP) is 5.89. The van der Waals surface area contributed by atoms with Crippen molar-refractivity contribution in [1.82, 2.24) is 0 Å². The molecule has 108 valence electrons. The summed E-state index contributed by atoms with van der Waals surface area (Å²) >= 11 is 0. The van der Waals surface area contributed by atoms with Gasteiger partial charge >= 0.3 is 0 Å². The normalized spacial score (nSPS) is 11.4. The largest absolute Gasteiger partial charge is 0.382 e. The maximum Gasteiger partial charge on any atom is 0.0465 e. The predicted molar refractivity (Wildman–Crippen MR) is 82.1 cm³/mol. The fourth-order valence-corrected chi connectivity index (χ4v) is 2.05. The Morgan fingerprint density at radius 3 is 1.83 bits per heavy atom. The zero-order chi connectivity index (χ0) is 13.3. The van der Waals surface area contributed by atoms with Gasteiger partial charge < -0.3 is 4.74 Å². The zero-order valence-electron chi connectivity index (χ0n) is 12.8. The van der Waals surface area contributed by atoms with Crippen LogP contribution < -0.4 is 0 Å². The van der Waals surface area contributed by atoms with Gasteiger partial charge in [-0.05, 0) is 32.6 Å². The van der Waals surface area contributed by atoms with Crippen LogP contribution in [0.4, 0.5) is 0 Å². The molecule has 0 rings (SSSR count). The number of allylic oxidation sites excluding steroid dienone is 2. The summed E-state index contributed by atoms with van der Waals surface area (Å²) in [5, 5.41) is 0. The van der Waals surface area contributed by atoms with E-state index in [0.717, 1.165) is 13.2 Å². The molecule has 0 spiro atoms. The molecule has 0 aromatic heterocycles. The molecule has 0 fully saturated rings. The van der Waals surface area contributed by atoms with Crippen LogP contribution in [0, 0.1) is 0 Å². The van der Waals surface area contributed by atoms with Gasteiger partial charge in [-0.1, -0.05) is 64.0 Å². The lowest BCUT2D eigenvalue weighted by molar-refractivity contribution is 0.143. The Morgan fingerprint density at radius 1 is 0.667 bits per heavy atom. The maximum absolute atomic E-state index is 5.33. The smallest absolute Gasteiger partial charge is 0.0465 e. The van der Waals surface area contributed by atoms with Gasteiger partial charge in [0.05, 0.1) is 0 Å². The van der Waals surface area contributed by atoms with Gasteiger partial charge in [-0.25, -0.2) is 0 Å². The highest BCUT2D eigenvalue weighted by atomic mass is 16.5. The maximum atomic E-state index is 5.33. The summed E-state index contributed by atoms with van der Waals surface area (Å²) in [6.45, 7) is 6.14. The van der Waals surface area contributed by atoms with E-state index in [1.165, 1.54) is 70.6 Å². The number of rotatable bonds is 14. The molecule has 0 unspecified atom stereocenters. The molecule has 0 atom stereocenters. The first-order valence-corrected chi connectivity index (χ1v) is 8.14. The van der Waals surface area contributed by atoms with Gasteiger partial charge in [-0.3, -0.25) is 0 Å². The molecule has 0 saturated heterocycles. The lowest BCUT2D eigenvalue weighted by Gasteiger charge is -2.02. The molecule has 0 N–H and O–H groups in total. The Hall–Kier alpha value is -0.300. The minimum atomic E-state index is 0.867. The molecule has 0 bridgehead atoms. The Morgan fingerprint density at radius 2 is 1.22 bits per heavy atom. The van der Waals surface area contributed by atoms with E-state index in [0.29, 0.717) is 0 Å². The number of ether oxygens (including phenoxy) is 1. The minimum Gasteiger partial charge on any atom is -0.382 e. The summed E-state index contributed by atoms with van der Waals surface area (Å²) < 4.78 is 5.33. The van der Waals surface area contributed by atoms with Gasteiger partial charge in [0.25, 0.3) is 0 Å². The van der Waals surface area contributed by atoms with Crippen molar-refractivity contribution >= 4 is 0 Å². The lowest BCUT2D eigenvalue weighted by Crippen LogP contribution is -1.92. The lowest BCUT2D eigenvalue weighted by atomic mass is 10.1. The van der Waals surface area contributed by atoms with Gasteiger partial charge in [0, 0.05) is 13.2 Å². The van der Waals surface area contributed by atoms with Crippen molar-refractivity contribution in [2.45, 2.75) is 84.5 Å². The monoisotopic (exact) mass is 254 g/mol. The summed E-state index contributed by atoms with van der Waals surface area (Å²) in [6.07, 6.45) is 19.5. The third kappa shape index (κ3) is 15.7. The van der Waals surface area contributed by atoms with Gasteiger partial charge in [0.15, 0.2) is 0 Å². The van der Waals surface area contributed by atoms with Crippen LogP contribution in [0.5, 0.6) is 0 Å². The van der Waals surface area contributed by atoms with E-state index in [4.69, 9.17) is 4.74 Å². The van der Waals surface area contributed by atoms with E-state index in [2.05, 4.69) is 26.0 Å². The van der Waals surface area contributed by atoms with Crippen molar-refractivity contribution in [3.8, 4) is 0 Å². The Kier molecular flexibility index (Phi) is 16.4. The van der Waals surface area contributed by atoms with Crippen molar-refractivity contribution in [2.75, 3.05) is 13.2 Å². The van der Waals surface area contributed by atoms with Crippen LogP contribution in [-0.4, -0.2) is 13.2 Å². The third-order valence-corrected chi connectivity index (χ3v) is 3.25. The summed E-state index contributed by atoms with van der Waals surface area (Å²) in [4.78, 5) is 0. The molecule has 0 aromatic carbocycles. The van der Waals surface area contributed by atoms with Crippen LogP contribution >= 0.6 is 0 Å². The molecule has 18 heavy (non-hydrogen) atoms. The average Bonchev–Trinajstić information content (AvgIpc) is 2.39. The summed E-state index contributed by atoms with van der Waals surface area (Å²) in [5.41, 5.74) is 0. The second-order valence-corrected chi connectivity index (χ2v) is 5.07. The van der Waals surface area contributed by atoms with E-state index < -0.39 is 0 Å². The van der Waals surface area contributed by atoms with Crippen LogP contribution in [0.25, 0.3) is 0 Å². The average molecular weight is 254 g/mol. The van der Waals surface area contributed by atoms with Gasteiger partial charge in [0.1, 0.15) is 0 Å². The second-order valence-electron chi connectivity index (χ2n) is 5.07. The molecule has 0 aromatic rings. The van der Waals surface area contributed by atoms with E-state index in [1.54, 1.807) is 0 Å². The molecular weight excluding hydrogens is 220 g/mol. The van der Waals surface area contributed by atoms with Crippen LogP contribution in [0.3, 0.4) is 0 Å². The quantitative estimate of drug-likeness (QED) is 0.277. The van der Waals surface area contributed by atoms with Crippen molar-refractivity contribution in [3.05, 3.63) is 12.2 Å². The number of unbranched alkanes of at least 4 members (excludes halogenated alkanes) is 9. The highest BCUT2D eigenvalue weighted by Crippen LogP contribution is 2.09. The van der Waals surface area contributed by atoms with E-state index in [1.807, 2.05) is 0 Å². The highest BCUT2D eigenvalue weighted by molar-refractivity contribution is 4.81. The first-order chi connectivity index (χ1) is 8.91. The molecule has 0 heterocycles. The molecular formula is C17H34O. The van der Waals surface area contributed by atoms with Gasteiger partial charge in [0.2, 0.25) is 0 Å². The molecule has 0 aliphatic heterocycles. The van der Waals surface area contributed by atoms with Crippen LogP contribution in [0.1, 0.15) is 84.5 Å². The second kappa shape index (κ2) is 16.7. The molecule has 1 heteroatoms. The molecule has 0 aliphatic carbocycles. The molecule has 1 nitrogen and oxygen atoms in total. The summed E-state index contributed by atoms with van der Waals surface area (Å²) in [6, 6.07) is 0. The van der Waals surface area contributed by atoms with E-state index >= 15 is 0 Å². The minimum absolute atomic E-state index is 0.867. The topological polar surface area (TPSA) is 9.23 Å². The first kappa shape index (κ1) is 17.7. The molecule has 0 saturated carbocycles.